The van der Waals surface area contributed by atoms with Gasteiger partial charge < -0.3 is 24.8 Å². The summed E-state index contributed by atoms with van der Waals surface area (Å²) in [6.07, 6.45) is -1.35. The van der Waals surface area contributed by atoms with Crippen molar-refractivity contribution in [1.82, 2.24) is 5.32 Å². The zero-order valence-corrected chi connectivity index (χ0v) is 19.3. The smallest absolute Gasteiger partial charge is 0.454 e. The summed E-state index contributed by atoms with van der Waals surface area (Å²) in [6.45, 7) is 1.99. The van der Waals surface area contributed by atoms with Gasteiger partial charge in [0, 0.05) is 5.69 Å². The molecule has 188 valence electrons. The van der Waals surface area contributed by atoms with Crippen LogP contribution < -0.4 is 20.1 Å². The van der Waals surface area contributed by atoms with Crippen molar-refractivity contribution in [1.29, 1.82) is 0 Å². The number of fused-ring (bicyclic) bond motifs is 1. The molecule has 2 aromatic rings. The third kappa shape index (κ3) is 4.62. The van der Waals surface area contributed by atoms with E-state index >= 15 is 0 Å². The van der Waals surface area contributed by atoms with Crippen molar-refractivity contribution < 1.29 is 37.0 Å². The molecule has 0 unspecified atom stereocenters. The zero-order valence-electron chi connectivity index (χ0n) is 19.3. The first-order valence-electron chi connectivity index (χ1n) is 11.4. The lowest BCUT2D eigenvalue weighted by molar-refractivity contribution is -0.304. The molecule has 0 radical (unpaired) electrons. The highest BCUT2D eigenvalue weighted by molar-refractivity contribution is 6.01. The molecule has 36 heavy (non-hydrogen) atoms. The largest absolute Gasteiger partial charge is 0.573 e. The lowest BCUT2D eigenvalue weighted by Gasteiger charge is -2.22. The van der Waals surface area contributed by atoms with E-state index in [4.69, 9.17) is 9.47 Å². The number of hydrogen-bond acceptors (Lipinski definition) is 5. The SMILES string of the molecule is Cc1ccc(NC(=O)C2(c3ccc4c(c3)OCO4)CC2)cc1C1=CC(OC(F)(F)F)=C(NC=O)CC1. The fourth-order valence-corrected chi connectivity index (χ4v) is 4.61. The zero-order chi connectivity index (χ0) is 25.5. The Morgan fingerprint density at radius 1 is 1.08 bits per heavy atom. The number of carbonyl (C=O) groups is 2. The Morgan fingerprint density at radius 3 is 2.58 bits per heavy atom. The molecule has 2 N–H and O–H groups in total. The van der Waals surface area contributed by atoms with Gasteiger partial charge in [-0.25, -0.2) is 0 Å². The molecule has 0 aromatic heterocycles. The van der Waals surface area contributed by atoms with Gasteiger partial charge in [-0.05, 0) is 85.2 Å². The number of benzene rings is 2. The van der Waals surface area contributed by atoms with Crippen molar-refractivity contribution in [3.63, 3.8) is 0 Å². The molecule has 0 saturated heterocycles. The number of carbonyl (C=O) groups excluding carboxylic acids is 2. The first-order chi connectivity index (χ1) is 17.2. The molecule has 0 spiro atoms. The van der Waals surface area contributed by atoms with Crippen molar-refractivity contribution in [3.05, 3.63) is 70.6 Å². The molecule has 2 amide bonds. The lowest BCUT2D eigenvalue weighted by Crippen LogP contribution is -2.27. The van der Waals surface area contributed by atoms with E-state index in [0.717, 1.165) is 11.1 Å². The number of hydrogen-bond donors (Lipinski definition) is 2. The molecule has 1 aliphatic heterocycles. The molecule has 7 nitrogen and oxygen atoms in total. The van der Waals surface area contributed by atoms with E-state index in [1.165, 1.54) is 6.08 Å². The first kappa shape index (κ1) is 23.8. The van der Waals surface area contributed by atoms with Gasteiger partial charge in [0.1, 0.15) is 5.76 Å². The summed E-state index contributed by atoms with van der Waals surface area (Å²) < 4.78 is 53.8. The van der Waals surface area contributed by atoms with Crippen LogP contribution in [-0.2, 0) is 19.7 Å². The van der Waals surface area contributed by atoms with Gasteiger partial charge in [0.05, 0.1) is 11.1 Å². The maximum atomic E-state index is 13.3. The van der Waals surface area contributed by atoms with E-state index in [2.05, 4.69) is 15.4 Å². The van der Waals surface area contributed by atoms with Crippen molar-refractivity contribution in [3.8, 4) is 11.5 Å². The van der Waals surface area contributed by atoms with Gasteiger partial charge in [-0.15, -0.1) is 13.2 Å². The minimum absolute atomic E-state index is 0.0626. The molecule has 1 fully saturated rings. The quantitative estimate of drug-likeness (QED) is 0.519. The molecule has 1 saturated carbocycles. The molecule has 0 bridgehead atoms. The minimum Gasteiger partial charge on any atom is -0.454 e. The molecule has 2 aliphatic carbocycles. The Balaban J connectivity index is 1.40. The van der Waals surface area contributed by atoms with E-state index < -0.39 is 17.5 Å². The fraction of sp³-hybridized carbons (Fsp3) is 0.308. The number of amides is 2. The second-order valence-electron chi connectivity index (χ2n) is 8.96. The van der Waals surface area contributed by atoms with E-state index in [-0.39, 0.29) is 24.8 Å². The molecule has 10 heteroatoms. The molecule has 5 rings (SSSR count). The number of allylic oxidation sites excluding steroid dienone is 3. The Kier molecular flexibility index (Phi) is 5.89. The topological polar surface area (TPSA) is 85.9 Å². The number of rotatable bonds is 7. The second-order valence-corrected chi connectivity index (χ2v) is 8.96. The molecule has 0 atom stereocenters. The van der Waals surface area contributed by atoms with Crippen molar-refractivity contribution in [2.24, 2.45) is 0 Å². The predicted octanol–water partition coefficient (Wildman–Crippen LogP) is 5.07. The van der Waals surface area contributed by atoms with Crippen molar-refractivity contribution >= 4 is 23.6 Å². The van der Waals surface area contributed by atoms with Gasteiger partial charge in [0.25, 0.3) is 0 Å². The molecule has 1 heterocycles. The van der Waals surface area contributed by atoms with Gasteiger partial charge in [-0.3, -0.25) is 9.59 Å². The number of halogens is 3. The molecule has 2 aromatic carbocycles. The second kappa shape index (κ2) is 8.92. The summed E-state index contributed by atoms with van der Waals surface area (Å²) in [4.78, 5) is 24.1. The normalized spacial score (nSPS) is 17.8. The highest BCUT2D eigenvalue weighted by atomic mass is 19.4. The van der Waals surface area contributed by atoms with Crippen LogP contribution in [0.5, 0.6) is 11.5 Å². The van der Waals surface area contributed by atoms with Crippen LogP contribution in [0.4, 0.5) is 18.9 Å². The Hall–Kier alpha value is -3.95. The maximum absolute atomic E-state index is 13.3. The predicted molar refractivity (Wildman–Crippen MR) is 124 cm³/mol. The van der Waals surface area contributed by atoms with E-state index in [1.807, 2.05) is 19.1 Å². The van der Waals surface area contributed by atoms with Crippen molar-refractivity contribution in [2.45, 2.75) is 44.4 Å². The molecular formula is C26H23F3N2O5. The van der Waals surface area contributed by atoms with E-state index in [1.54, 1.807) is 24.3 Å². The number of aryl methyl sites for hydroxylation is 1. The minimum atomic E-state index is -4.90. The highest BCUT2D eigenvalue weighted by Crippen LogP contribution is 2.51. The highest BCUT2D eigenvalue weighted by Gasteiger charge is 2.51. The average molecular weight is 500 g/mol. The third-order valence-corrected chi connectivity index (χ3v) is 6.66. The van der Waals surface area contributed by atoms with Crippen LogP contribution in [0.15, 0.2) is 53.9 Å². The number of nitrogens with one attached hydrogen (secondary N) is 2. The first-order valence-corrected chi connectivity index (χ1v) is 11.4. The van der Waals surface area contributed by atoms with Gasteiger partial charge in [-0.2, -0.15) is 0 Å². The third-order valence-electron chi connectivity index (χ3n) is 6.66. The summed E-state index contributed by atoms with van der Waals surface area (Å²) in [7, 11) is 0. The van der Waals surface area contributed by atoms with Crippen LogP contribution in [0, 0.1) is 6.92 Å². The maximum Gasteiger partial charge on any atom is 0.573 e. The van der Waals surface area contributed by atoms with Crippen LogP contribution >= 0.6 is 0 Å². The van der Waals surface area contributed by atoms with E-state index in [0.29, 0.717) is 54.0 Å². The summed E-state index contributed by atoms with van der Waals surface area (Å²) in [5, 5.41) is 5.27. The number of ether oxygens (including phenoxy) is 3. The van der Waals surface area contributed by atoms with Gasteiger partial charge in [0.15, 0.2) is 11.5 Å². The van der Waals surface area contributed by atoms with E-state index in [9.17, 15) is 22.8 Å². The van der Waals surface area contributed by atoms with Crippen LogP contribution in [-0.4, -0.2) is 25.5 Å². The van der Waals surface area contributed by atoms with Gasteiger partial charge in [-0.1, -0.05) is 12.1 Å². The average Bonchev–Trinajstić information content (AvgIpc) is 3.51. The van der Waals surface area contributed by atoms with Crippen LogP contribution in [0.3, 0.4) is 0 Å². The van der Waals surface area contributed by atoms with Crippen LogP contribution in [0.1, 0.15) is 42.4 Å². The van der Waals surface area contributed by atoms with Gasteiger partial charge in [0.2, 0.25) is 19.1 Å². The molecule has 3 aliphatic rings. The number of anilines is 1. The fourth-order valence-electron chi connectivity index (χ4n) is 4.61. The monoisotopic (exact) mass is 500 g/mol. The number of alkyl halides is 3. The Labute approximate surface area is 204 Å². The Bertz CT molecular complexity index is 1290. The van der Waals surface area contributed by atoms with Crippen LogP contribution in [0.2, 0.25) is 0 Å². The molecular weight excluding hydrogens is 477 g/mol. The summed E-state index contributed by atoms with van der Waals surface area (Å²) in [6, 6.07) is 10.8. The standard InChI is InChI=1S/C26H23F3N2O5/c1-15-2-5-18(12-19(15)16-3-6-20(30-13-32)22(10-16)36-26(27,28)29)31-24(33)25(8-9-25)17-4-7-21-23(11-17)35-14-34-21/h2,4-5,7,10-13H,3,6,8-9,14H2,1H3,(H,30,32)(H,31,33). The van der Waals surface area contributed by atoms with Crippen LogP contribution in [0.25, 0.3) is 5.57 Å². The summed E-state index contributed by atoms with van der Waals surface area (Å²) in [5.74, 6) is 0.645. The van der Waals surface area contributed by atoms with Crippen molar-refractivity contribution in [2.75, 3.05) is 12.1 Å². The Morgan fingerprint density at radius 2 is 1.86 bits per heavy atom. The van der Waals surface area contributed by atoms with Gasteiger partial charge >= 0.3 is 6.36 Å². The lowest BCUT2D eigenvalue weighted by atomic mass is 9.91. The summed E-state index contributed by atoms with van der Waals surface area (Å²) >= 11 is 0. The summed E-state index contributed by atoms with van der Waals surface area (Å²) in [5.41, 5.74) is 2.91.